The fourth-order valence-corrected chi connectivity index (χ4v) is 1.72. The summed E-state index contributed by atoms with van der Waals surface area (Å²) in [5.74, 6) is -0.231. The van der Waals surface area contributed by atoms with Gasteiger partial charge in [0.1, 0.15) is 0 Å². The Hall–Kier alpha value is -3.16. The Labute approximate surface area is 125 Å². The number of rotatable bonds is 5. The number of nitrogens with one attached hydrogen (secondary N) is 1. The van der Waals surface area contributed by atoms with E-state index in [-0.39, 0.29) is 17.2 Å². The number of carbonyl (C=O) groups is 1. The number of furan rings is 1. The molecule has 1 aromatic heterocycles. The third-order valence-electron chi connectivity index (χ3n) is 2.86. The summed E-state index contributed by atoms with van der Waals surface area (Å²) in [7, 11) is 1.35. The van der Waals surface area contributed by atoms with Crippen LogP contribution < -0.4 is 10.2 Å². The van der Waals surface area contributed by atoms with Gasteiger partial charge in [0, 0.05) is 11.6 Å². The highest BCUT2D eigenvalue weighted by Gasteiger charge is 2.16. The number of nitro benzene ring substituents is 1. The number of amides is 1. The lowest BCUT2D eigenvalue weighted by molar-refractivity contribution is -0.385. The Bertz CT molecular complexity index is 722. The van der Waals surface area contributed by atoms with Crippen molar-refractivity contribution in [3.05, 3.63) is 58.0 Å². The second-order valence-electron chi connectivity index (χ2n) is 4.26. The van der Waals surface area contributed by atoms with E-state index in [1.807, 2.05) is 0 Å². The minimum absolute atomic E-state index is 0.122. The molecule has 0 bridgehead atoms. The number of carbonyl (C=O) groups excluding carboxylic acids is 1. The van der Waals surface area contributed by atoms with Crippen LogP contribution in [-0.4, -0.2) is 23.7 Å². The van der Waals surface area contributed by atoms with Gasteiger partial charge in [0.2, 0.25) is 0 Å². The Morgan fingerprint density at radius 3 is 2.77 bits per heavy atom. The van der Waals surface area contributed by atoms with Crippen molar-refractivity contribution in [3.8, 4) is 5.75 Å². The Morgan fingerprint density at radius 2 is 2.18 bits per heavy atom. The number of hydrazone groups is 1. The quantitative estimate of drug-likeness (QED) is 0.518. The molecule has 1 heterocycles. The number of nitro groups is 1. The van der Waals surface area contributed by atoms with E-state index in [0.717, 1.165) is 0 Å². The summed E-state index contributed by atoms with van der Waals surface area (Å²) >= 11 is 0. The number of nitrogens with zero attached hydrogens (tertiary/aromatic N) is 2. The van der Waals surface area contributed by atoms with Gasteiger partial charge in [0.15, 0.2) is 11.5 Å². The van der Waals surface area contributed by atoms with Crippen LogP contribution in [0.3, 0.4) is 0 Å². The highest BCUT2D eigenvalue weighted by molar-refractivity contribution is 6.01. The minimum atomic E-state index is -0.545. The molecule has 0 aliphatic heterocycles. The third-order valence-corrected chi connectivity index (χ3v) is 2.86. The highest BCUT2D eigenvalue weighted by Crippen LogP contribution is 2.27. The number of methoxy groups -OCH3 is 1. The van der Waals surface area contributed by atoms with Crippen LogP contribution in [0.5, 0.6) is 5.75 Å². The zero-order valence-electron chi connectivity index (χ0n) is 11.9. The summed E-state index contributed by atoms with van der Waals surface area (Å²) in [5.41, 5.74) is 3.04. The van der Waals surface area contributed by atoms with Crippen molar-refractivity contribution in [2.45, 2.75) is 6.92 Å². The molecule has 0 fully saturated rings. The number of hydrogen-bond donors (Lipinski definition) is 1. The zero-order chi connectivity index (χ0) is 16.1. The molecule has 0 radical (unpaired) electrons. The molecule has 0 unspecified atom stereocenters. The van der Waals surface area contributed by atoms with Crippen LogP contribution in [0, 0.1) is 10.1 Å². The molecule has 1 N–H and O–H groups in total. The van der Waals surface area contributed by atoms with Crippen molar-refractivity contribution in [3.63, 3.8) is 0 Å². The first-order valence-corrected chi connectivity index (χ1v) is 6.24. The molecular formula is C14H13N3O5. The molecule has 1 amide bonds. The molecule has 2 aromatic rings. The maximum atomic E-state index is 11.7. The van der Waals surface area contributed by atoms with Crippen molar-refractivity contribution in [1.82, 2.24) is 5.43 Å². The smallest absolute Gasteiger partial charge is 0.311 e. The number of benzene rings is 1. The van der Waals surface area contributed by atoms with Crippen molar-refractivity contribution in [2.75, 3.05) is 7.11 Å². The number of hydrogen-bond acceptors (Lipinski definition) is 6. The van der Waals surface area contributed by atoms with Crippen LogP contribution in [0.15, 0.2) is 46.1 Å². The molecule has 2 rings (SSSR count). The number of ether oxygens (including phenoxy) is 1. The van der Waals surface area contributed by atoms with Gasteiger partial charge in [0.05, 0.1) is 24.0 Å². The lowest BCUT2D eigenvalue weighted by Gasteiger charge is -2.05. The molecule has 1 aromatic carbocycles. The lowest BCUT2D eigenvalue weighted by Crippen LogP contribution is -2.18. The molecule has 0 aliphatic rings. The van der Waals surface area contributed by atoms with Gasteiger partial charge in [-0.05, 0) is 31.2 Å². The minimum Gasteiger partial charge on any atom is -0.490 e. The first-order chi connectivity index (χ1) is 10.5. The van der Waals surface area contributed by atoms with Crippen LogP contribution in [0.2, 0.25) is 0 Å². The summed E-state index contributed by atoms with van der Waals surface area (Å²) in [5, 5.41) is 14.9. The Morgan fingerprint density at radius 1 is 1.41 bits per heavy atom. The van der Waals surface area contributed by atoms with E-state index in [4.69, 9.17) is 9.15 Å². The van der Waals surface area contributed by atoms with Gasteiger partial charge in [-0.2, -0.15) is 5.10 Å². The van der Waals surface area contributed by atoms with Crippen molar-refractivity contribution < 1.29 is 18.9 Å². The SMILES string of the molecule is COc1ccc(/C(C)=N/NC(=O)c2ccco2)cc1[N+](=O)[O-]. The van der Waals surface area contributed by atoms with Gasteiger partial charge in [-0.25, -0.2) is 5.43 Å². The maximum Gasteiger partial charge on any atom is 0.311 e. The van der Waals surface area contributed by atoms with Gasteiger partial charge in [0.25, 0.3) is 0 Å². The summed E-state index contributed by atoms with van der Waals surface area (Å²) in [6, 6.07) is 7.50. The van der Waals surface area contributed by atoms with E-state index in [9.17, 15) is 14.9 Å². The van der Waals surface area contributed by atoms with Crippen LogP contribution >= 0.6 is 0 Å². The Balaban J connectivity index is 2.20. The molecule has 8 heteroatoms. The predicted octanol–water partition coefficient (Wildman–Crippen LogP) is 2.35. The van der Waals surface area contributed by atoms with Gasteiger partial charge in [-0.15, -0.1) is 0 Å². The molecule has 0 spiro atoms. The third kappa shape index (κ3) is 3.29. The van der Waals surface area contributed by atoms with Gasteiger partial charge < -0.3 is 9.15 Å². The molecule has 0 saturated carbocycles. The van der Waals surface area contributed by atoms with Crippen molar-refractivity contribution >= 4 is 17.3 Å². The van der Waals surface area contributed by atoms with E-state index in [1.165, 1.54) is 31.6 Å². The molecule has 114 valence electrons. The van der Waals surface area contributed by atoms with E-state index >= 15 is 0 Å². The second kappa shape index (κ2) is 6.53. The van der Waals surface area contributed by atoms with Crippen LogP contribution in [0.4, 0.5) is 5.69 Å². The predicted molar refractivity (Wildman–Crippen MR) is 78.0 cm³/mol. The second-order valence-corrected chi connectivity index (χ2v) is 4.26. The van der Waals surface area contributed by atoms with Gasteiger partial charge in [-0.1, -0.05) is 0 Å². The normalized spacial score (nSPS) is 11.1. The molecular weight excluding hydrogens is 290 g/mol. The molecule has 0 saturated heterocycles. The van der Waals surface area contributed by atoms with E-state index < -0.39 is 10.8 Å². The first-order valence-electron chi connectivity index (χ1n) is 6.24. The van der Waals surface area contributed by atoms with Crippen LogP contribution in [-0.2, 0) is 0 Å². The monoisotopic (exact) mass is 303 g/mol. The van der Waals surface area contributed by atoms with E-state index in [2.05, 4.69) is 10.5 Å². The van der Waals surface area contributed by atoms with Crippen molar-refractivity contribution in [1.29, 1.82) is 0 Å². The molecule has 0 aliphatic carbocycles. The van der Waals surface area contributed by atoms with Gasteiger partial charge in [-0.3, -0.25) is 14.9 Å². The molecule has 8 nitrogen and oxygen atoms in total. The summed E-state index contributed by atoms with van der Waals surface area (Å²) in [6.07, 6.45) is 1.37. The van der Waals surface area contributed by atoms with Crippen LogP contribution in [0.25, 0.3) is 0 Å². The molecule has 22 heavy (non-hydrogen) atoms. The fourth-order valence-electron chi connectivity index (χ4n) is 1.72. The van der Waals surface area contributed by atoms with Crippen LogP contribution in [0.1, 0.15) is 23.0 Å². The lowest BCUT2D eigenvalue weighted by atomic mass is 10.1. The summed E-state index contributed by atoms with van der Waals surface area (Å²) in [4.78, 5) is 22.1. The summed E-state index contributed by atoms with van der Waals surface area (Å²) in [6.45, 7) is 1.62. The largest absolute Gasteiger partial charge is 0.490 e. The summed E-state index contributed by atoms with van der Waals surface area (Å²) < 4.78 is 9.85. The molecule has 0 atom stereocenters. The highest BCUT2D eigenvalue weighted by atomic mass is 16.6. The fraction of sp³-hybridized carbons (Fsp3) is 0.143. The standard InChI is InChI=1S/C14H13N3O5/c1-9(15-16-14(18)13-4-3-7-22-13)10-5-6-12(21-2)11(8-10)17(19)20/h3-8H,1-2H3,(H,16,18)/b15-9+. The zero-order valence-corrected chi connectivity index (χ0v) is 11.9. The first kappa shape index (κ1) is 15.2. The topological polar surface area (TPSA) is 107 Å². The van der Waals surface area contributed by atoms with E-state index in [0.29, 0.717) is 11.3 Å². The van der Waals surface area contributed by atoms with E-state index in [1.54, 1.807) is 19.1 Å². The Kier molecular flexibility index (Phi) is 4.52. The average Bonchev–Trinajstić information content (AvgIpc) is 3.06. The van der Waals surface area contributed by atoms with Crippen molar-refractivity contribution in [2.24, 2.45) is 5.10 Å². The maximum absolute atomic E-state index is 11.7. The van der Waals surface area contributed by atoms with Gasteiger partial charge >= 0.3 is 11.6 Å². The average molecular weight is 303 g/mol.